The fraction of sp³-hybridized carbons (Fsp3) is 0.188. The Labute approximate surface area is 123 Å². The van der Waals surface area contributed by atoms with E-state index in [4.69, 9.17) is 5.73 Å². The van der Waals surface area contributed by atoms with Crippen LogP contribution in [0, 0.1) is 0 Å². The van der Waals surface area contributed by atoms with Crippen molar-refractivity contribution in [3.63, 3.8) is 0 Å². The molecule has 0 unspecified atom stereocenters. The molecule has 0 bridgehead atoms. The van der Waals surface area contributed by atoms with Crippen molar-refractivity contribution in [1.82, 2.24) is 0 Å². The van der Waals surface area contributed by atoms with Crippen LogP contribution in [0.5, 0.6) is 11.5 Å². The summed E-state index contributed by atoms with van der Waals surface area (Å²) in [4.78, 5) is 14.1. The fourth-order valence-electron chi connectivity index (χ4n) is 2.15. The van der Waals surface area contributed by atoms with Gasteiger partial charge in [-0.2, -0.15) is 0 Å². The number of phenols is 2. The van der Waals surface area contributed by atoms with Crippen molar-refractivity contribution in [3.05, 3.63) is 48.0 Å². The minimum absolute atomic E-state index is 0.103. The second-order valence-electron chi connectivity index (χ2n) is 4.72. The molecular weight excluding hydrogens is 268 g/mol. The normalized spacial score (nSPS) is 10.3. The number of rotatable bonds is 4. The van der Waals surface area contributed by atoms with Crippen molar-refractivity contribution in [3.8, 4) is 11.5 Å². The first-order chi connectivity index (χ1) is 10.0. The summed E-state index contributed by atoms with van der Waals surface area (Å²) in [6.07, 6.45) is 0.731. The molecule has 0 spiro atoms. The molecule has 0 aliphatic rings. The summed E-state index contributed by atoms with van der Waals surface area (Å²) < 4.78 is 0. The van der Waals surface area contributed by atoms with Gasteiger partial charge in [0.2, 0.25) is 0 Å². The Morgan fingerprint density at radius 2 is 1.76 bits per heavy atom. The van der Waals surface area contributed by atoms with Crippen LogP contribution in [0.15, 0.2) is 42.5 Å². The molecule has 21 heavy (non-hydrogen) atoms. The van der Waals surface area contributed by atoms with E-state index in [9.17, 15) is 15.0 Å². The van der Waals surface area contributed by atoms with E-state index in [0.717, 1.165) is 6.42 Å². The topological polar surface area (TPSA) is 86.8 Å². The van der Waals surface area contributed by atoms with Gasteiger partial charge in [-0.25, -0.2) is 0 Å². The van der Waals surface area contributed by atoms with Crippen molar-refractivity contribution >= 4 is 17.3 Å². The molecule has 0 aliphatic heterocycles. The van der Waals surface area contributed by atoms with Crippen molar-refractivity contribution in [2.24, 2.45) is 0 Å². The summed E-state index contributed by atoms with van der Waals surface area (Å²) in [7, 11) is 0. The zero-order chi connectivity index (χ0) is 15.4. The van der Waals surface area contributed by atoms with Gasteiger partial charge >= 0.3 is 0 Å². The van der Waals surface area contributed by atoms with Gasteiger partial charge in [-0.05, 0) is 36.8 Å². The number of hydrogen-bond donors (Lipinski definition) is 3. The van der Waals surface area contributed by atoms with Crippen molar-refractivity contribution in [1.29, 1.82) is 0 Å². The molecule has 5 nitrogen and oxygen atoms in total. The highest BCUT2D eigenvalue weighted by molar-refractivity contribution is 6.09. The van der Waals surface area contributed by atoms with E-state index in [1.54, 1.807) is 24.3 Å². The van der Waals surface area contributed by atoms with E-state index >= 15 is 0 Å². The Balaban J connectivity index is 2.45. The minimum atomic E-state index is -0.460. The fourth-order valence-corrected chi connectivity index (χ4v) is 2.15. The predicted octanol–water partition coefficient (Wildman–Crippen LogP) is 2.74. The molecular formula is C16H18N2O3. The lowest BCUT2D eigenvalue weighted by Crippen LogP contribution is -2.31. The Hall–Kier alpha value is -2.69. The molecule has 0 saturated heterocycles. The van der Waals surface area contributed by atoms with Gasteiger partial charge in [0.1, 0.15) is 17.1 Å². The quantitative estimate of drug-likeness (QED) is 0.754. The van der Waals surface area contributed by atoms with E-state index < -0.39 is 5.91 Å². The molecule has 2 aromatic carbocycles. The predicted molar refractivity (Wildman–Crippen MR) is 82.6 cm³/mol. The van der Waals surface area contributed by atoms with Crippen molar-refractivity contribution in [2.75, 3.05) is 17.2 Å². The Bertz CT molecular complexity index is 635. The second-order valence-corrected chi connectivity index (χ2v) is 4.72. The molecule has 5 heteroatoms. The largest absolute Gasteiger partial charge is 0.507 e. The summed E-state index contributed by atoms with van der Waals surface area (Å²) in [5.41, 5.74) is 6.82. The monoisotopic (exact) mass is 286 g/mol. The van der Waals surface area contributed by atoms with Crippen LogP contribution in [0.1, 0.15) is 23.7 Å². The summed E-state index contributed by atoms with van der Waals surface area (Å²) in [6.45, 7) is 2.40. The first kappa shape index (κ1) is 14.7. The van der Waals surface area contributed by atoms with Gasteiger partial charge in [-0.1, -0.05) is 19.1 Å². The highest BCUT2D eigenvalue weighted by Gasteiger charge is 2.23. The number of aromatic hydroxyl groups is 2. The molecule has 0 heterocycles. The van der Waals surface area contributed by atoms with Gasteiger partial charge in [0, 0.05) is 17.9 Å². The molecule has 0 fully saturated rings. The first-order valence-corrected chi connectivity index (χ1v) is 6.73. The van der Waals surface area contributed by atoms with Crippen LogP contribution in [0.4, 0.5) is 11.4 Å². The number of amides is 1. The van der Waals surface area contributed by atoms with E-state index in [0.29, 0.717) is 17.9 Å². The number of nitrogens with two attached hydrogens (primary N) is 1. The van der Waals surface area contributed by atoms with E-state index in [1.165, 1.54) is 23.1 Å². The first-order valence-electron chi connectivity index (χ1n) is 6.73. The maximum atomic E-state index is 12.7. The second kappa shape index (κ2) is 6.17. The van der Waals surface area contributed by atoms with Crippen LogP contribution in [-0.4, -0.2) is 22.7 Å². The van der Waals surface area contributed by atoms with Crippen LogP contribution in [0.25, 0.3) is 0 Å². The molecule has 0 atom stereocenters. The van der Waals surface area contributed by atoms with Gasteiger partial charge in [-0.15, -0.1) is 0 Å². The van der Waals surface area contributed by atoms with Gasteiger partial charge in [0.05, 0.1) is 0 Å². The lowest BCUT2D eigenvalue weighted by atomic mass is 10.1. The Morgan fingerprint density at radius 1 is 1.14 bits per heavy atom. The van der Waals surface area contributed by atoms with E-state index in [-0.39, 0.29) is 17.1 Å². The minimum Gasteiger partial charge on any atom is -0.507 e. The van der Waals surface area contributed by atoms with E-state index in [1.807, 2.05) is 6.92 Å². The molecule has 0 saturated carbocycles. The summed E-state index contributed by atoms with van der Waals surface area (Å²) in [5, 5.41) is 19.7. The smallest absolute Gasteiger partial charge is 0.265 e. The zero-order valence-electron chi connectivity index (χ0n) is 11.8. The number of carbonyl (C=O) groups excluding carboxylic acids is 1. The number of hydrogen-bond acceptors (Lipinski definition) is 4. The lowest BCUT2D eigenvalue weighted by Gasteiger charge is -2.23. The zero-order valence-corrected chi connectivity index (χ0v) is 11.8. The molecule has 0 radical (unpaired) electrons. The Kier molecular flexibility index (Phi) is 4.33. The number of nitrogen functional groups attached to an aromatic ring is 1. The molecule has 2 aromatic rings. The molecule has 1 amide bonds. The summed E-state index contributed by atoms with van der Waals surface area (Å²) in [6, 6.07) is 11.2. The maximum absolute atomic E-state index is 12.7. The van der Waals surface area contributed by atoms with Crippen molar-refractivity contribution < 1.29 is 15.0 Å². The molecule has 2 rings (SSSR count). The standard InChI is InChI=1S/C16H18N2O3/c1-2-9-18(12-6-3-5-11(17)10-12)16(21)15-13(19)7-4-8-14(15)20/h3-8,10,19-20H,2,9,17H2,1H3. The summed E-state index contributed by atoms with van der Waals surface area (Å²) in [5.74, 6) is -0.951. The average Bonchev–Trinajstić information content (AvgIpc) is 2.44. The van der Waals surface area contributed by atoms with Gasteiger partial charge in [-0.3, -0.25) is 4.79 Å². The summed E-state index contributed by atoms with van der Waals surface area (Å²) >= 11 is 0. The SMILES string of the molecule is CCCN(C(=O)c1c(O)cccc1O)c1cccc(N)c1. The molecule has 0 aromatic heterocycles. The third-order valence-corrected chi connectivity index (χ3v) is 3.11. The van der Waals surface area contributed by atoms with Crippen molar-refractivity contribution in [2.45, 2.75) is 13.3 Å². The maximum Gasteiger partial charge on any atom is 0.265 e. The molecule has 4 N–H and O–H groups in total. The lowest BCUT2D eigenvalue weighted by molar-refractivity contribution is 0.0981. The molecule has 0 aliphatic carbocycles. The van der Waals surface area contributed by atoms with Crippen LogP contribution in [0.2, 0.25) is 0 Å². The van der Waals surface area contributed by atoms with Crippen LogP contribution in [-0.2, 0) is 0 Å². The number of nitrogens with zero attached hydrogens (tertiary/aromatic N) is 1. The van der Waals surface area contributed by atoms with Crippen LogP contribution >= 0.6 is 0 Å². The highest BCUT2D eigenvalue weighted by atomic mass is 16.3. The number of benzene rings is 2. The van der Waals surface area contributed by atoms with Gasteiger partial charge in [0.25, 0.3) is 5.91 Å². The van der Waals surface area contributed by atoms with Gasteiger partial charge in [0.15, 0.2) is 0 Å². The molecule has 110 valence electrons. The van der Waals surface area contributed by atoms with Crippen LogP contribution < -0.4 is 10.6 Å². The van der Waals surface area contributed by atoms with E-state index in [2.05, 4.69) is 0 Å². The number of carbonyl (C=O) groups is 1. The number of phenolic OH excluding ortho intramolecular Hbond substituents is 2. The van der Waals surface area contributed by atoms with Crippen LogP contribution in [0.3, 0.4) is 0 Å². The Morgan fingerprint density at radius 3 is 2.33 bits per heavy atom. The van der Waals surface area contributed by atoms with Gasteiger partial charge < -0.3 is 20.8 Å². The average molecular weight is 286 g/mol. The third kappa shape index (κ3) is 3.08. The highest BCUT2D eigenvalue weighted by Crippen LogP contribution is 2.30. The third-order valence-electron chi connectivity index (χ3n) is 3.11. The number of anilines is 2.